The van der Waals surface area contributed by atoms with E-state index < -0.39 is 0 Å². The van der Waals surface area contributed by atoms with E-state index in [9.17, 15) is 4.79 Å². The molecule has 1 saturated heterocycles. The fourth-order valence-electron chi connectivity index (χ4n) is 2.46. The Morgan fingerprint density at radius 2 is 2.09 bits per heavy atom. The summed E-state index contributed by atoms with van der Waals surface area (Å²) < 4.78 is 17.0. The number of benzene rings is 1. The highest BCUT2D eigenvalue weighted by Gasteiger charge is 2.26. The molecule has 22 heavy (non-hydrogen) atoms. The van der Waals surface area contributed by atoms with Gasteiger partial charge >= 0.3 is 0 Å². The number of ether oxygens (including phenoxy) is 3. The first kappa shape index (κ1) is 16.9. The van der Waals surface area contributed by atoms with Gasteiger partial charge in [-0.1, -0.05) is 18.6 Å². The summed E-state index contributed by atoms with van der Waals surface area (Å²) in [4.78, 5) is 11.1. The van der Waals surface area contributed by atoms with Gasteiger partial charge in [0.25, 0.3) is 0 Å². The second-order valence-corrected chi connectivity index (χ2v) is 5.41. The van der Waals surface area contributed by atoms with Crippen molar-refractivity contribution in [3.05, 3.63) is 29.8 Å². The van der Waals surface area contributed by atoms with Crippen LogP contribution in [-0.2, 0) is 14.3 Å². The number of unbranched alkanes of at least 4 members (excludes halogenated alkanes) is 1. The lowest BCUT2D eigenvalue weighted by atomic mass is 10.1. The molecule has 1 aromatic rings. The number of hydrogen-bond donors (Lipinski definition) is 1. The highest BCUT2D eigenvalue weighted by atomic mass is 16.7. The maximum absolute atomic E-state index is 11.1. The third-order valence-corrected chi connectivity index (χ3v) is 3.67. The molecule has 1 aliphatic rings. The Balaban J connectivity index is 1.71. The van der Waals surface area contributed by atoms with Gasteiger partial charge in [-0.15, -0.1) is 0 Å². The highest BCUT2D eigenvalue weighted by molar-refractivity contribution is 5.80. The van der Waals surface area contributed by atoms with Crippen molar-refractivity contribution in [3.8, 4) is 5.75 Å². The average Bonchev–Trinajstić information content (AvgIpc) is 3.01. The molecule has 0 saturated carbocycles. The third kappa shape index (κ3) is 5.09. The van der Waals surface area contributed by atoms with Crippen LogP contribution in [0, 0.1) is 0 Å². The predicted octanol–water partition coefficient (Wildman–Crippen LogP) is 2.59. The molecule has 1 aliphatic heterocycles. The molecule has 5 heteroatoms. The Morgan fingerprint density at radius 3 is 2.77 bits per heavy atom. The van der Waals surface area contributed by atoms with E-state index in [4.69, 9.17) is 19.9 Å². The van der Waals surface area contributed by atoms with Crippen LogP contribution in [0.2, 0.25) is 0 Å². The zero-order valence-electron chi connectivity index (χ0n) is 13.1. The molecule has 5 nitrogen and oxygen atoms in total. The molecule has 0 bridgehead atoms. The molecule has 1 heterocycles. The van der Waals surface area contributed by atoms with Crippen LogP contribution in [0.4, 0.5) is 0 Å². The Kier molecular flexibility index (Phi) is 6.83. The first-order chi connectivity index (χ1) is 10.7. The van der Waals surface area contributed by atoms with E-state index in [1.807, 2.05) is 31.2 Å². The molecular weight excluding hydrogens is 282 g/mol. The van der Waals surface area contributed by atoms with Crippen molar-refractivity contribution >= 4 is 5.78 Å². The largest absolute Gasteiger partial charge is 0.494 e. The minimum absolute atomic E-state index is 0.101. The van der Waals surface area contributed by atoms with Crippen molar-refractivity contribution < 1.29 is 19.0 Å². The van der Waals surface area contributed by atoms with Crippen molar-refractivity contribution in [3.63, 3.8) is 0 Å². The molecule has 122 valence electrons. The molecule has 2 unspecified atom stereocenters. The number of carbonyl (C=O) groups excluding carboxylic acids is 1. The standard InChI is InChI=1S/C17H25NO4/c1-2-20-15-9-7-13(8-10-15)17-21-12-16(22-17)6-4-3-5-14(19)11-18/h7-10,16-17H,2-6,11-12,18H2,1H3. The van der Waals surface area contributed by atoms with E-state index >= 15 is 0 Å². The molecule has 2 rings (SSSR count). The lowest BCUT2D eigenvalue weighted by Crippen LogP contribution is -2.13. The van der Waals surface area contributed by atoms with E-state index in [-0.39, 0.29) is 24.7 Å². The summed E-state index contributed by atoms with van der Waals surface area (Å²) in [5.41, 5.74) is 6.29. The normalized spacial score (nSPS) is 21.0. The highest BCUT2D eigenvalue weighted by Crippen LogP contribution is 2.30. The number of ketones is 1. The van der Waals surface area contributed by atoms with Crippen molar-refractivity contribution in [2.45, 2.75) is 45.0 Å². The summed E-state index contributed by atoms with van der Waals surface area (Å²) >= 11 is 0. The fraction of sp³-hybridized carbons (Fsp3) is 0.588. The number of nitrogens with two attached hydrogens (primary N) is 1. The Morgan fingerprint density at radius 1 is 1.32 bits per heavy atom. The third-order valence-electron chi connectivity index (χ3n) is 3.67. The van der Waals surface area contributed by atoms with Gasteiger partial charge in [0.1, 0.15) is 11.5 Å². The Hall–Kier alpha value is -1.43. The minimum Gasteiger partial charge on any atom is -0.494 e. The predicted molar refractivity (Wildman–Crippen MR) is 83.7 cm³/mol. The molecule has 1 aromatic carbocycles. The monoisotopic (exact) mass is 307 g/mol. The summed E-state index contributed by atoms with van der Waals surface area (Å²) in [6.07, 6.45) is 3.09. The number of Topliss-reactive ketones (excluding diaryl/α,β-unsaturated/α-hetero) is 1. The molecule has 0 aromatic heterocycles. The van der Waals surface area contributed by atoms with Gasteiger partial charge in [0.15, 0.2) is 6.29 Å². The van der Waals surface area contributed by atoms with Gasteiger partial charge in [-0.3, -0.25) is 4.79 Å². The molecule has 0 spiro atoms. The number of hydrogen-bond acceptors (Lipinski definition) is 5. The van der Waals surface area contributed by atoms with Crippen LogP contribution in [0.1, 0.15) is 44.5 Å². The molecule has 0 radical (unpaired) electrons. The van der Waals surface area contributed by atoms with E-state index in [2.05, 4.69) is 0 Å². The van der Waals surface area contributed by atoms with E-state index in [1.54, 1.807) is 0 Å². The first-order valence-electron chi connectivity index (χ1n) is 7.94. The van der Waals surface area contributed by atoms with Gasteiger partial charge in [-0.25, -0.2) is 0 Å². The lowest BCUT2D eigenvalue weighted by Gasteiger charge is -2.12. The summed E-state index contributed by atoms with van der Waals surface area (Å²) in [5, 5.41) is 0. The van der Waals surface area contributed by atoms with Gasteiger partial charge < -0.3 is 19.9 Å². The van der Waals surface area contributed by atoms with Crippen LogP contribution in [0.25, 0.3) is 0 Å². The first-order valence-corrected chi connectivity index (χ1v) is 7.94. The van der Waals surface area contributed by atoms with E-state index in [0.29, 0.717) is 19.6 Å². The van der Waals surface area contributed by atoms with Crippen molar-refractivity contribution in [2.24, 2.45) is 5.73 Å². The second kappa shape index (κ2) is 8.88. The summed E-state index contributed by atoms with van der Waals surface area (Å²) in [5.74, 6) is 0.973. The van der Waals surface area contributed by atoms with Gasteiger partial charge in [-0.2, -0.15) is 0 Å². The van der Waals surface area contributed by atoms with Gasteiger partial charge in [0.05, 0.1) is 25.9 Å². The van der Waals surface area contributed by atoms with Crippen LogP contribution in [0.5, 0.6) is 5.75 Å². The molecule has 0 aliphatic carbocycles. The maximum Gasteiger partial charge on any atom is 0.184 e. The van der Waals surface area contributed by atoms with Crippen molar-refractivity contribution in [2.75, 3.05) is 19.8 Å². The van der Waals surface area contributed by atoms with Crippen molar-refractivity contribution in [1.29, 1.82) is 0 Å². The smallest absolute Gasteiger partial charge is 0.184 e. The Bertz CT molecular complexity index is 460. The van der Waals surface area contributed by atoms with E-state index in [1.165, 1.54) is 0 Å². The minimum atomic E-state index is -0.300. The van der Waals surface area contributed by atoms with Gasteiger partial charge in [-0.05, 0) is 31.9 Å². The lowest BCUT2D eigenvalue weighted by molar-refractivity contribution is -0.117. The molecular formula is C17H25NO4. The molecule has 2 N–H and O–H groups in total. The van der Waals surface area contributed by atoms with Crippen LogP contribution < -0.4 is 10.5 Å². The maximum atomic E-state index is 11.1. The van der Waals surface area contributed by atoms with Crippen LogP contribution >= 0.6 is 0 Å². The summed E-state index contributed by atoms with van der Waals surface area (Å²) in [6, 6.07) is 7.80. The zero-order chi connectivity index (χ0) is 15.8. The van der Waals surface area contributed by atoms with Gasteiger partial charge in [0.2, 0.25) is 0 Å². The fourth-order valence-corrected chi connectivity index (χ4v) is 2.46. The summed E-state index contributed by atoms with van der Waals surface area (Å²) in [7, 11) is 0. The average molecular weight is 307 g/mol. The van der Waals surface area contributed by atoms with E-state index in [0.717, 1.165) is 30.6 Å². The topological polar surface area (TPSA) is 70.8 Å². The van der Waals surface area contributed by atoms with Gasteiger partial charge in [0, 0.05) is 12.0 Å². The van der Waals surface area contributed by atoms with Crippen LogP contribution in [-0.4, -0.2) is 31.6 Å². The quantitative estimate of drug-likeness (QED) is 0.710. The Labute approximate surface area is 131 Å². The van der Waals surface area contributed by atoms with Crippen molar-refractivity contribution in [1.82, 2.24) is 0 Å². The second-order valence-electron chi connectivity index (χ2n) is 5.41. The zero-order valence-corrected chi connectivity index (χ0v) is 13.1. The van der Waals surface area contributed by atoms with Crippen LogP contribution in [0.3, 0.4) is 0 Å². The number of carbonyl (C=O) groups is 1. The summed E-state index contributed by atoms with van der Waals surface area (Å²) in [6.45, 7) is 3.36. The molecule has 2 atom stereocenters. The molecule has 0 amide bonds. The number of rotatable bonds is 9. The molecule has 1 fully saturated rings. The van der Waals surface area contributed by atoms with Crippen LogP contribution in [0.15, 0.2) is 24.3 Å². The SMILES string of the molecule is CCOc1ccc(C2OCC(CCCCC(=O)CN)O2)cc1.